The number of hydrogen-bond donors (Lipinski definition) is 2. The first kappa shape index (κ1) is 13.5. The van der Waals surface area contributed by atoms with Crippen LogP contribution < -0.4 is 5.32 Å². The van der Waals surface area contributed by atoms with Crippen molar-refractivity contribution in [2.45, 2.75) is 0 Å². The highest BCUT2D eigenvalue weighted by Crippen LogP contribution is 2.29. The molecule has 106 valence electrons. The Morgan fingerprint density at radius 3 is 2.52 bits per heavy atom. The fourth-order valence-electron chi connectivity index (χ4n) is 1.82. The molecule has 1 aromatic heterocycles. The summed E-state index contributed by atoms with van der Waals surface area (Å²) in [5, 5.41) is 14.5. The van der Waals surface area contributed by atoms with E-state index in [2.05, 4.69) is 10.3 Å². The average Bonchev–Trinajstić information content (AvgIpc) is 2.90. The van der Waals surface area contributed by atoms with Crippen LogP contribution in [-0.2, 0) is 0 Å². The van der Waals surface area contributed by atoms with Gasteiger partial charge in [-0.1, -0.05) is 0 Å². The van der Waals surface area contributed by atoms with Gasteiger partial charge < -0.3 is 10.4 Å². The summed E-state index contributed by atoms with van der Waals surface area (Å²) >= 11 is 1.31. The number of thiazole rings is 1. The standard InChI is InChI=1S/C15H10F2N2OS/c16-9-1-6-12(13(17)7-9)14-8-21-15(19-14)18-10-2-4-11(20)5-3-10/h1-8,20H,(H,18,19). The number of nitrogens with zero attached hydrogens (tertiary/aromatic N) is 1. The van der Waals surface area contributed by atoms with Gasteiger partial charge in [0.2, 0.25) is 0 Å². The molecule has 0 aliphatic rings. The van der Waals surface area contributed by atoms with Gasteiger partial charge in [-0.25, -0.2) is 13.8 Å². The first-order valence-electron chi connectivity index (χ1n) is 6.09. The minimum absolute atomic E-state index is 0.175. The maximum Gasteiger partial charge on any atom is 0.187 e. The Morgan fingerprint density at radius 2 is 1.81 bits per heavy atom. The van der Waals surface area contributed by atoms with Gasteiger partial charge in [-0.15, -0.1) is 11.3 Å². The second-order valence-corrected chi connectivity index (χ2v) is 5.19. The predicted octanol–water partition coefficient (Wildman–Crippen LogP) is 4.54. The monoisotopic (exact) mass is 304 g/mol. The summed E-state index contributed by atoms with van der Waals surface area (Å²) in [6.07, 6.45) is 0. The van der Waals surface area contributed by atoms with Crippen molar-refractivity contribution in [1.82, 2.24) is 4.98 Å². The molecule has 2 N–H and O–H groups in total. The summed E-state index contributed by atoms with van der Waals surface area (Å²) in [6, 6.07) is 9.91. The first-order chi connectivity index (χ1) is 10.1. The summed E-state index contributed by atoms with van der Waals surface area (Å²) in [7, 11) is 0. The smallest absolute Gasteiger partial charge is 0.187 e. The molecule has 0 unspecified atom stereocenters. The number of anilines is 2. The van der Waals surface area contributed by atoms with Crippen molar-refractivity contribution in [2.24, 2.45) is 0 Å². The van der Waals surface area contributed by atoms with Gasteiger partial charge in [-0.2, -0.15) is 0 Å². The van der Waals surface area contributed by atoms with Crippen LogP contribution in [0.15, 0.2) is 47.8 Å². The van der Waals surface area contributed by atoms with Gasteiger partial charge in [0.25, 0.3) is 0 Å². The lowest BCUT2D eigenvalue weighted by Gasteiger charge is -2.02. The maximum absolute atomic E-state index is 13.7. The Hall–Kier alpha value is -2.47. The SMILES string of the molecule is Oc1ccc(Nc2nc(-c3ccc(F)cc3F)cs2)cc1. The first-order valence-corrected chi connectivity index (χ1v) is 6.97. The molecule has 0 atom stereocenters. The molecule has 0 spiro atoms. The molecule has 1 heterocycles. The van der Waals surface area contributed by atoms with E-state index in [4.69, 9.17) is 0 Å². The van der Waals surface area contributed by atoms with Crippen LogP contribution in [0.1, 0.15) is 0 Å². The third-order valence-corrected chi connectivity index (χ3v) is 3.59. The Balaban J connectivity index is 1.84. The Labute approximate surface area is 123 Å². The molecule has 2 aromatic carbocycles. The lowest BCUT2D eigenvalue weighted by atomic mass is 10.1. The lowest BCUT2D eigenvalue weighted by Crippen LogP contribution is -1.90. The molecule has 3 rings (SSSR count). The van der Waals surface area contributed by atoms with E-state index in [1.54, 1.807) is 29.6 Å². The zero-order valence-corrected chi connectivity index (χ0v) is 11.5. The van der Waals surface area contributed by atoms with Crippen molar-refractivity contribution in [2.75, 3.05) is 5.32 Å². The summed E-state index contributed by atoms with van der Waals surface area (Å²) in [5.74, 6) is -1.08. The number of rotatable bonds is 3. The average molecular weight is 304 g/mol. The van der Waals surface area contributed by atoms with Crippen molar-refractivity contribution in [3.8, 4) is 17.0 Å². The van der Waals surface area contributed by atoms with Gasteiger partial charge in [0.05, 0.1) is 5.69 Å². The second-order valence-electron chi connectivity index (χ2n) is 4.33. The van der Waals surface area contributed by atoms with Gasteiger partial charge >= 0.3 is 0 Å². The van der Waals surface area contributed by atoms with Crippen molar-refractivity contribution in [3.63, 3.8) is 0 Å². The number of phenols is 1. The van der Waals surface area contributed by atoms with Gasteiger partial charge in [0, 0.05) is 22.7 Å². The summed E-state index contributed by atoms with van der Waals surface area (Å²) in [4.78, 5) is 4.27. The van der Waals surface area contributed by atoms with Crippen LogP contribution in [0, 0.1) is 11.6 Å². The number of phenolic OH excluding ortho intramolecular Hbond substituents is 1. The van der Waals surface area contributed by atoms with Crippen LogP contribution in [0.4, 0.5) is 19.6 Å². The molecule has 0 amide bonds. The van der Waals surface area contributed by atoms with Gasteiger partial charge in [-0.05, 0) is 36.4 Å². The topological polar surface area (TPSA) is 45.1 Å². The van der Waals surface area contributed by atoms with Crippen LogP contribution in [-0.4, -0.2) is 10.1 Å². The van der Waals surface area contributed by atoms with E-state index in [9.17, 15) is 13.9 Å². The molecule has 0 fully saturated rings. The largest absolute Gasteiger partial charge is 0.508 e. The van der Waals surface area contributed by atoms with Crippen molar-refractivity contribution in [1.29, 1.82) is 0 Å². The van der Waals surface area contributed by atoms with E-state index >= 15 is 0 Å². The predicted molar refractivity (Wildman–Crippen MR) is 78.9 cm³/mol. The molecule has 3 aromatic rings. The van der Waals surface area contributed by atoms with Crippen LogP contribution in [0.3, 0.4) is 0 Å². The highest BCUT2D eigenvalue weighted by atomic mass is 32.1. The van der Waals surface area contributed by atoms with Crippen LogP contribution in [0.25, 0.3) is 11.3 Å². The van der Waals surface area contributed by atoms with Crippen LogP contribution in [0.2, 0.25) is 0 Å². The molecule has 0 saturated carbocycles. The normalized spacial score (nSPS) is 10.6. The molecule has 6 heteroatoms. The molecule has 0 aliphatic carbocycles. The highest BCUT2D eigenvalue weighted by molar-refractivity contribution is 7.14. The quantitative estimate of drug-likeness (QED) is 0.698. The Morgan fingerprint density at radius 1 is 1.05 bits per heavy atom. The fraction of sp³-hybridized carbons (Fsp3) is 0. The fourth-order valence-corrected chi connectivity index (χ4v) is 2.55. The van der Waals surface area contributed by atoms with E-state index in [-0.39, 0.29) is 11.3 Å². The van der Waals surface area contributed by atoms with Gasteiger partial charge in [0.15, 0.2) is 5.13 Å². The molecular formula is C15H10F2N2OS. The molecule has 0 saturated heterocycles. The van der Waals surface area contributed by atoms with Crippen LogP contribution >= 0.6 is 11.3 Å². The highest BCUT2D eigenvalue weighted by Gasteiger charge is 2.10. The minimum Gasteiger partial charge on any atom is -0.508 e. The second kappa shape index (κ2) is 5.49. The summed E-state index contributed by atoms with van der Waals surface area (Å²) in [6.45, 7) is 0. The van der Waals surface area contributed by atoms with Crippen molar-refractivity contribution >= 4 is 22.2 Å². The molecule has 0 bridgehead atoms. The number of aromatic hydroxyl groups is 1. The number of halogens is 2. The van der Waals surface area contributed by atoms with Crippen LogP contribution in [0.5, 0.6) is 5.75 Å². The van der Waals surface area contributed by atoms with E-state index in [0.717, 1.165) is 11.8 Å². The third-order valence-electron chi connectivity index (χ3n) is 2.83. The number of benzene rings is 2. The summed E-state index contributed by atoms with van der Waals surface area (Å²) in [5.41, 5.74) is 1.46. The zero-order chi connectivity index (χ0) is 14.8. The third kappa shape index (κ3) is 3.00. The molecule has 0 aliphatic heterocycles. The molecule has 21 heavy (non-hydrogen) atoms. The van der Waals surface area contributed by atoms with E-state index < -0.39 is 11.6 Å². The van der Waals surface area contributed by atoms with Crippen molar-refractivity contribution < 1.29 is 13.9 Å². The van der Waals surface area contributed by atoms with Gasteiger partial charge in [0.1, 0.15) is 17.4 Å². The zero-order valence-electron chi connectivity index (χ0n) is 10.7. The number of nitrogens with one attached hydrogen (secondary N) is 1. The molecular weight excluding hydrogens is 294 g/mol. The molecule has 3 nitrogen and oxygen atoms in total. The Kier molecular flexibility index (Phi) is 3.53. The maximum atomic E-state index is 13.7. The summed E-state index contributed by atoms with van der Waals surface area (Å²) < 4.78 is 26.6. The van der Waals surface area contributed by atoms with Gasteiger partial charge in [-0.3, -0.25) is 0 Å². The number of aromatic nitrogens is 1. The van der Waals surface area contributed by atoms with E-state index in [1.807, 2.05) is 0 Å². The van der Waals surface area contributed by atoms with E-state index in [0.29, 0.717) is 10.8 Å². The van der Waals surface area contributed by atoms with Crippen molar-refractivity contribution in [3.05, 3.63) is 59.5 Å². The van der Waals surface area contributed by atoms with E-state index in [1.165, 1.54) is 23.5 Å². The Bertz CT molecular complexity index is 772. The number of hydrogen-bond acceptors (Lipinski definition) is 4. The molecule has 0 radical (unpaired) electrons. The minimum atomic E-state index is -0.642. The lowest BCUT2D eigenvalue weighted by molar-refractivity contribution is 0.475.